The zero-order valence-corrected chi connectivity index (χ0v) is 22.1. The molecular weight excluding hydrogens is 476 g/mol. The number of carboxylic acid groups (broad SMARTS) is 1. The second-order valence-corrected chi connectivity index (χ2v) is 10.8. The fourth-order valence-corrected chi connectivity index (χ4v) is 5.73. The van der Waals surface area contributed by atoms with Crippen molar-refractivity contribution in [2.45, 2.75) is 82.6 Å². The SMILES string of the molecule is COc1ccc2c3c1O[C@H]1C[C@@H](OC(=O)CCCC(=O)N[C@@H](CC(C)C)C(=O)O)C=C[C@@]31CCN(C)C2. The van der Waals surface area contributed by atoms with Crippen molar-refractivity contribution in [3.05, 3.63) is 35.4 Å². The number of amides is 1. The largest absolute Gasteiger partial charge is 0.493 e. The number of nitrogens with one attached hydrogen (secondary N) is 1. The van der Waals surface area contributed by atoms with Crippen molar-refractivity contribution in [1.29, 1.82) is 0 Å². The molecule has 0 saturated carbocycles. The molecule has 0 fully saturated rings. The van der Waals surface area contributed by atoms with Crippen LogP contribution < -0.4 is 14.8 Å². The molecule has 1 aromatic carbocycles. The molecular formula is C28H38N2O7. The van der Waals surface area contributed by atoms with Crippen LogP contribution in [0.15, 0.2) is 24.3 Å². The van der Waals surface area contributed by atoms with Crippen LogP contribution >= 0.6 is 0 Å². The van der Waals surface area contributed by atoms with Crippen molar-refractivity contribution in [2.24, 2.45) is 5.92 Å². The molecule has 0 saturated heterocycles. The van der Waals surface area contributed by atoms with Crippen LogP contribution in [-0.2, 0) is 31.1 Å². The number of nitrogens with zero attached hydrogens (tertiary/aromatic N) is 1. The average molecular weight is 515 g/mol. The molecule has 1 aliphatic carbocycles. The van der Waals surface area contributed by atoms with Crippen LogP contribution in [0.5, 0.6) is 11.5 Å². The smallest absolute Gasteiger partial charge is 0.326 e. The third kappa shape index (κ3) is 5.76. The monoisotopic (exact) mass is 514 g/mol. The van der Waals surface area contributed by atoms with E-state index in [4.69, 9.17) is 14.2 Å². The molecule has 1 aromatic rings. The summed E-state index contributed by atoms with van der Waals surface area (Å²) >= 11 is 0. The summed E-state index contributed by atoms with van der Waals surface area (Å²) in [7, 11) is 3.76. The quantitative estimate of drug-likeness (QED) is 0.362. The second kappa shape index (κ2) is 11.1. The van der Waals surface area contributed by atoms with Crippen molar-refractivity contribution in [2.75, 3.05) is 20.7 Å². The Morgan fingerprint density at radius 1 is 1.27 bits per heavy atom. The van der Waals surface area contributed by atoms with Crippen molar-refractivity contribution < 1.29 is 33.7 Å². The van der Waals surface area contributed by atoms with E-state index < -0.39 is 18.1 Å². The van der Waals surface area contributed by atoms with Gasteiger partial charge in [0, 0.05) is 31.4 Å². The molecule has 4 rings (SSSR count). The van der Waals surface area contributed by atoms with Crippen LogP contribution in [0.25, 0.3) is 0 Å². The number of aliphatic carboxylic acids is 1. The molecule has 9 nitrogen and oxygen atoms in total. The molecule has 3 aliphatic rings. The van der Waals surface area contributed by atoms with E-state index in [0.717, 1.165) is 31.0 Å². The van der Waals surface area contributed by atoms with Gasteiger partial charge in [0.05, 0.1) is 12.5 Å². The lowest BCUT2D eigenvalue weighted by atomic mass is 9.69. The van der Waals surface area contributed by atoms with Crippen molar-refractivity contribution in [3.63, 3.8) is 0 Å². The van der Waals surface area contributed by atoms with E-state index in [1.54, 1.807) is 7.11 Å². The Balaban J connectivity index is 1.34. The summed E-state index contributed by atoms with van der Waals surface area (Å²) < 4.78 is 17.8. The van der Waals surface area contributed by atoms with Crippen molar-refractivity contribution in [3.8, 4) is 11.5 Å². The number of benzene rings is 1. The summed E-state index contributed by atoms with van der Waals surface area (Å²) in [5, 5.41) is 11.8. The summed E-state index contributed by atoms with van der Waals surface area (Å²) in [6.07, 6.45) is 5.79. The first-order valence-electron chi connectivity index (χ1n) is 13.1. The predicted molar refractivity (Wildman–Crippen MR) is 137 cm³/mol. The fourth-order valence-electron chi connectivity index (χ4n) is 5.73. The minimum absolute atomic E-state index is 0.0672. The van der Waals surface area contributed by atoms with Gasteiger partial charge < -0.3 is 29.5 Å². The molecule has 0 unspecified atom stereocenters. The lowest BCUT2D eigenvalue weighted by Gasteiger charge is -2.36. The number of methoxy groups -OCH3 is 1. The number of rotatable bonds is 10. The minimum Gasteiger partial charge on any atom is -0.493 e. The molecule has 0 aromatic heterocycles. The molecule has 2 heterocycles. The highest BCUT2D eigenvalue weighted by Crippen LogP contribution is 2.55. The van der Waals surface area contributed by atoms with E-state index in [9.17, 15) is 19.5 Å². The first-order chi connectivity index (χ1) is 17.6. The number of carboxylic acids is 1. The Morgan fingerprint density at radius 3 is 2.76 bits per heavy atom. The number of carbonyl (C=O) groups excluding carboxylic acids is 2. The van der Waals surface area contributed by atoms with Gasteiger partial charge in [0.15, 0.2) is 11.5 Å². The lowest BCUT2D eigenvalue weighted by molar-refractivity contribution is -0.148. The van der Waals surface area contributed by atoms with Crippen LogP contribution in [0.4, 0.5) is 0 Å². The Labute approximate surface area is 218 Å². The van der Waals surface area contributed by atoms with Gasteiger partial charge in [-0.3, -0.25) is 9.59 Å². The standard InChI is InChI=1S/C28H38N2O7/c1-17(2)14-20(27(33)34)29-23(31)6-5-7-24(32)36-19-10-11-28-12-13-30(3)16-18-8-9-21(35-4)26(25(18)28)37-22(28)15-19/h8-11,17,19-20,22H,5-7,12-16H2,1-4H3,(H,29,31)(H,33,34)/t19-,20-,22-,28-/m0/s1. The second-order valence-electron chi connectivity index (χ2n) is 10.8. The number of hydrogen-bond donors (Lipinski definition) is 2. The number of esters is 1. The van der Waals surface area contributed by atoms with Crippen molar-refractivity contribution >= 4 is 17.8 Å². The van der Waals surface area contributed by atoms with Gasteiger partial charge in [-0.1, -0.05) is 26.0 Å². The zero-order valence-electron chi connectivity index (χ0n) is 22.1. The van der Waals surface area contributed by atoms with E-state index in [0.29, 0.717) is 12.8 Å². The summed E-state index contributed by atoms with van der Waals surface area (Å²) in [6.45, 7) is 5.57. The molecule has 4 atom stereocenters. The van der Waals surface area contributed by atoms with E-state index in [1.807, 2.05) is 26.0 Å². The molecule has 2 N–H and O–H groups in total. The highest BCUT2D eigenvalue weighted by atomic mass is 16.6. The molecule has 0 radical (unpaired) electrons. The van der Waals surface area contributed by atoms with E-state index in [-0.39, 0.29) is 48.6 Å². The van der Waals surface area contributed by atoms with Crippen LogP contribution in [0.1, 0.15) is 63.5 Å². The van der Waals surface area contributed by atoms with E-state index in [2.05, 4.69) is 29.4 Å². The van der Waals surface area contributed by atoms with Gasteiger partial charge in [0.2, 0.25) is 5.91 Å². The van der Waals surface area contributed by atoms with E-state index in [1.165, 1.54) is 11.1 Å². The highest BCUT2D eigenvalue weighted by Gasteiger charge is 2.53. The van der Waals surface area contributed by atoms with Crippen LogP contribution in [0, 0.1) is 5.92 Å². The molecule has 0 bridgehead atoms. The van der Waals surface area contributed by atoms with Gasteiger partial charge in [-0.15, -0.1) is 0 Å². The maximum atomic E-state index is 12.5. The Hall–Kier alpha value is -3.07. The summed E-state index contributed by atoms with van der Waals surface area (Å²) in [5.41, 5.74) is 2.14. The number of hydrogen-bond acceptors (Lipinski definition) is 7. The third-order valence-corrected chi connectivity index (χ3v) is 7.54. The first kappa shape index (κ1) is 27.0. The summed E-state index contributed by atoms with van der Waals surface area (Å²) in [5.74, 6) is -0.159. The maximum Gasteiger partial charge on any atom is 0.326 e. The summed E-state index contributed by atoms with van der Waals surface area (Å²) in [6, 6.07) is 3.15. The maximum absolute atomic E-state index is 12.5. The highest BCUT2D eigenvalue weighted by molar-refractivity contribution is 5.83. The normalized spacial score (nSPS) is 24.9. The lowest BCUT2D eigenvalue weighted by Crippen LogP contribution is -2.43. The Morgan fingerprint density at radius 2 is 2.05 bits per heavy atom. The van der Waals surface area contributed by atoms with E-state index >= 15 is 0 Å². The molecule has 1 spiro atoms. The van der Waals surface area contributed by atoms with Gasteiger partial charge in [-0.05, 0) is 56.5 Å². The fraction of sp³-hybridized carbons (Fsp3) is 0.607. The van der Waals surface area contributed by atoms with Crippen LogP contribution in [0.2, 0.25) is 0 Å². The molecule has 202 valence electrons. The van der Waals surface area contributed by atoms with Gasteiger partial charge in [-0.25, -0.2) is 4.79 Å². The van der Waals surface area contributed by atoms with Gasteiger partial charge in [0.25, 0.3) is 0 Å². The van der Waals surface area contributed by atoms with Crippen molar-refractivity contribution in [1.82, 2.24) is 10.2 Å². The third-order valence-electron chi connectivity index (χ3n) is 7.54. The topological polar surface area (TPSA) is 114 Å². The number of ether oxygens (including phenoxy) is 3. The van der Waals surface area contributed by atoms with Crippen LogP contribution in [0.3, 0.4) is 0 Å². The van der Waals surface area contributed by atoms with Crippen LogP contribution in [-0.4, -0.2) is 66.8 Å². The number of carbonyl (C=O) groups is 3. The molecule has 1 amide bonds. The Kier molecular flexibility index (Phi) is 8.11. The molecule has 37 heavy (non-hydrogen) atoms. The average Bonchev–Trinajstić information content (AvgIpc) is 3.09. The predicted octanol–water partition coefficient (Wildman–Crippen LogP) is 3.19. The van der Waals surface area contributed by atoms with Gasteiger partial charge in [0.1, 0.15) is 18.2 Å². The first-order valence-corrected chi connectivity index (χ1v) is 13.1. The summed E-state index contributed by atoms with van der Waals surface area (Å²) in [4.78, 5) is 38.4. The van der Waals surface area contributed by atoms with Gasteiger partial charge >= 0.3 is 11.9 Å². The minimum atomic E-state index is -1.05. The molecule has 9 heteroatoms. The van der Waals surface area contributed by atoms with Gasteiger partial charge in [-0.2, -0.15) is 0 Å². The zero-order chi connectivity index (χ0) is 26.7. The Bertz CT molecular complexity index is 1070. The molecule has 2 aliphatic heterocycles.